The molecule has 0 atom stereocenters. The van der Waals surface area contributed by atoms with Crippen LogP contribution in [0.2, 0.25) is 0 Å². The second-order valence-electron chi connectivity index (χ2n) is 5.37. The van der Waals surface area contributed by atoms with E-state index in [1.807, 2.05) is 47.6 Å². The molecule has 1 aliphatic rings. The summed E-state index contributed by atoms with van der Waals surface area (Å²) in [6, 6.07) is 10.6. The predicted molar refractivity (Wildman–Crippen MR) is 113 cm³/mol. The number of hydrogen-bond donors (Lipinski definition) is 0. The SMILES string of the molecule is CC.CC.CC.O=[N+]([O-])CCCCN1CCN(Cc2ccccc2)CC1. The van der Waals surface area contributed by atoms with Gasteiger partial charge in [0.05, 0.1) is 0 Å². The van der Waals surface area contributed by atoms with Gasteiger partial charge in [-0.1, -0.05) is 71.9 Å². The molecule has 0 spiro atoms. The Morgan fingerprint density at radius 2 is 1.35 bits per heavy atom. The number of piperazine rings is 1. The predicted octanol–water partition coefficient (Wildman–Crippen LogP) is 4.94. The Kier molecular flexibility index (Phi) is 20.4. The lowest BCUT2D eigenvalue weighted by molar-refractivity contribution is -0.480. The van der Waals surface area contributed by atoms with Crippen LogP contribution < -0.4 is 0 Å². The standard InChI is InChI=1S/C15H23N3O2.3C2H6/c19-18(20)9-5-4-8-16-10-12-17(13-11-16)14-15-6-2-1-3-7-15;3*1-2/h1-3,6-7H,4-5,8-14H2;3*1-2H3. The van der Waals surface area contributed by atoms with E-state index < -0.39 is 0 Å². The van der Waals surface area contributed by atoms with Crippen molar-refractivity contribution in [2.75, 3.05) is 39.3 Å². The molecule has 5 nitrogen and oxygen atoms in total. The van der Waals surface area contributed by atoms with Gasteiger partial charge in [-0.25, -0.2) is 0 Å². The highest BCUT2D eigenvalue weighted by Crippen LogP contribution is 2.09. The van der Waals surface area contributed by atoms with Crippen molar-refractivity contribution in [1.29, 1.82) is 0 Å². The van der Waals surface area contributed by atoms with E-state index in [2.05, 4.69) is 34.1 Å². The topological polar surface area (TPSA) is 49.6 Å². The lowest BCUT2D eigenvalue weighted by Crippen LogP contribution is -2.46. The second-order valence-corrected chi connectivity index (χ2v) is 5.37. The Morgan fingerprint density at radius 3 is 1.85 bits per heavy atom. The van der Waals surface area contributed by atoms with Crippen molar-refractivity contribution >= 4 is 0 Å². The van der Waals surface area contributed by atoms with E-state index in [0.717, 1.165) is 45.7 Å². The summed E-state index contributed by atoms with van der Waals surface area (Å²) in [6.07, 6.45) is 1.62. The monoisotopic (exact) mass is 367 g/mol. The van der Waals surface area contributed by atoms with Gasteiger partial charge in [0.2, 0.25) is 6.54 Å². The molecule has 26 heavy (non-hydrogen) atoms. The highest BCUT2D eigenvalue weighted by molar-refractivity contribution is 5.14. The van der Waals surface area contributed by atoms with Crippen molar-refractivity contribution in [1.82, 2.24) is 9.80 Å². The van der Waals surface area contributed by atoms with Crippen LogP contribution in [0.4, 0.5) is 0 Å². The summed E-state index contributed by atoms with van der Waals surface area (Å²) in [5, 5.41) is 10.3. The molecule has 1 aliphatic heterocycles. The molecule has 0 bridgehead atoms. The van der Waals surface area contributed by atoms with Crippen LogP contribution >= 0.6 is 0 Å². The largest absolute Gasteiger partial charge is 0.301 e. The first-order valence-corrected chi connectivity index (χ1v) is 10.3. The third-order valence-electron chi connectivity index (χ3n) is 3.78. The average Bonchev–Trinajstić information content (AvgIpc) is 2.72. The van der Waals surface area contributed by atoms with Gasteiger partial charge in [-0.3, -0.25) is 15.0 Å². The molecule has 1 saturated heterocycles. The van der Waals surface area contributed by atoms with Crippen molar-refractivity contribution in [3.63, 3.8) is 0 Å². The number of nitro groups is 1. The van der Waals surface area contributed by atoms with Crippen LogP contribution in [0.25, 0.3) is 0 Å². The van der Waals surface area contributed by atoms with Crippen LogP contribution in [-0.2, 0) is 6.54 Å². The number of benzene rings is 1. The van der Waals surface area contributed by atoms with Gasteiger partial charge in [0.1, 0.15) is 0 Å². The zero-order valence-electron chi connectivity index (χ0n) is 17.9. The number of hydrogen-bond acceptors (Lipinski definition) is 4. The maximum Gasteiger partial charge on any atom is 0.203 e. The fourth-order valence-corrected chi connectivity index (χ4v) is 2.59. The molecule has 5 heteroatoms. The zero-order chi connectivity index (χ0) is 20.2. The number of rotatable bonds is 7. The summed E-state index contributed by atoms with van der Waals surface area (Å²) in [5.41, 5.74) is 1.37. The van der Waals surface area contributed by atoms with E-state index in [4.69, 9.17) is 0 Å². The molecule has 1 aromatic rings. The van der Waals surface area contributed by atoms with Gasteiger partial charge >= 0.3 is 0 Å². The molecule has 0 radical (unpaired) electrons. The zero-order valence-corrected chi connectivity index (χ0v) is 17.9. The van der Waals surface area contributed by atoms with Crippen LogP contribution in [-0.4, -0.2) is 54.0 Å². The lowest BCUT2D eigenvalue weighted by Gasteiger charge is -2.34. The first-order chi connectivity index (χ1) is 12.7. The fraction of sp³-hybridized carbons (Fsp3) is 0.714. The van der Waals surface area contributed by atoms with Gasteiger partial charge in [0.25, 0.3) is 0 Å². The molecule has 0 N–H and O–H groups in total. The maximum absolute atomic E-state index is 10.3. The molecule has 0 aliphatic carbocycles. The minimum absolute atomic E-state index is 0.105. The van der Waals surface area contributed by atoms with Crippen molar-refractivity contribution in [2.45, 2.75) is 60.9 Å². The van der Waals surface area contributed by atoms with Crippen molar-refractivity contribution in [3.8, 4) is 0 Å². The van der Waals surface area contributed by atoms with E-state index in [1.54, 1.807) is 0 Å². The smallest absolute Gasteiger partial charge is 0.203 e. The van der Waals surface area contributed by atoms with Gasteiger partial charge < -0.3 is 4.90 Å². The molecule has 0 saturated carbocycles. The van der Waals surface area contributed by atoms with E-state index in [1.165, 1.54) is 5.56 Å². The Labute approximate surface area is 161 Å². The van der Waals surface area contributed by atoms with Gasteiger partial charge in [-0.05, 0) is 18.5 Å². The van der Waals surface area contributed by atoms with Crippen molar-refractivity contribution in [2.24, 2.45) is 0 Å². The highest BCUT2D eigenvalue weighted by Gasteiger charge is 2.16. The minimum atomic E-state index is -0.224. The van der Waals surface area contributed by atoms with Gasteiger partial charge in [0.15, 0.2) is 0 Å². The Balaban J connectivity index is 0. The minimum Gasteiger partial charge on any atom is -0.301 e. The third-order valence-corrected chi connectivity index (χ3v) is 3.78. The van der Waals surface area contributed by atoms with E-state index in [9.17, 15) is 10.1 Å². The molecular weight excluding hydrogens is 326 g/mol. The first kappa shape index (κ1) is 26.8. The van der Waals surface area contributed by atoms with Gasteiger partial charge in [-0.2, -0.15) is 0 Å². The lowest BCUT2D eigenvalue weighted by atomic mass is 10.2. The Bertz CT molecular complexity index is 405. The molecule has 1 heterocycles. The molecular formula is C21H41N3O2. The number of nitrogens with zero attached hydrogens (tertiary/aromatic N) is 3. The normalized spacial score (nSPS) is 13.9. The summed E-state index contributed by atoms with van der Waals surface area (Å²) < 4.78 is 0. The highest BCUT2D eigenvalue weighted by atomic mass is 16.6. The third kappa shape index (κ3) is 13.8. The van der Waals surface area contributed by atoms with Crippen LogP contribution in [0.15, 0.2) is 30.3 Å². The summed E-state index contributed by atoms with van der Waals surface area (Å²) in [7, 11) is 0. The van der Waals surface area contributed by atoms with Gasteiger partial charge in [0, 0.05) is 44.1 Å². The maximum atomic E-state index is 10.3. The Hall–Kier alpha value is -1.46. The Morgan fingerprint density at radius 1 is 0.846 bits per heavy atom. The summed E-state index contributed by atoms with van der Waals surface area (Å²) in [4.78, 5) is 14.9. The van der Waals surface area contributed by atoms with Crippen LogP contribution in [0.3, 0.4) is 0 Å². The molecule has 1 aromatic carbocycles. The molecule has 152 valence electrons. The fourth-order valence-electron chi connectivity index (χ4n) is 2.59. The van der Waals surface area contributed by atoms with Crippen molar-refractivity contribution < 1.29 is 4.92 Å². The molecule has 0 aromatic heterocycles. The van der Waals surface area contributed by atoms with Gasteiger partial charge in [-0.15, -0.1) is 0 Å². The van der Waals surface area contributed by atoms with Crippen LogP contribution in [0.1, 0.15) is 59.9 Å². The number of unbranched alkanes of at least 4 members (excludes halogenated alkanes) is 1. The quantitative estimate of drug-likeness (QED) is 0.389. The first-order valence-electron chi connectivity index (χ1n) is 10.3. The summed E-state index contributed by atoms with van der Waals surface area (Å²) >= 11 is 0. The van der Waals surface area contributed by atoms with Crippen LogP contribution in [0, 0.1) is 10.1 Å². The molecule has 0 amide bonds. The molecule has 0 unspecified atom stereocenters. The van der Waals surface area contributed by atoms with Crippen LogP contribution in [0.5, 0.6) is 0 Å². The van der Waals surface area contributed by atoms with E-state index in [0.29, 0.717) is 6.42 Å². The molecule has 2 rings (SSSR count). The van der Waals surface area contributed by atoms with E-state index in [-0.39, 0.29) is 11.5 Å². The average molecular weight is 368 g/mol. The van der Waals surface area contributed by atoms with E-state index >= 15 is 0 Å². The second kappa shape index (κ2) is 19.9. The van der Waals surface area contributed by atoms with Crippen molar-refractivity contribution in [3.05, 3.63) is 46.0 Å². The molecule has 1 fully saturated rings. The summed E-state index contributed by atoms with van der Waals surface area (Å²) in [5.74, 6) is 0. The summed E-state index contributed by atoms with van der Waals surface area (Å²) in [6.45, 7) is 18.4.